The Morgan fingerprint density at radius 2 is 2.11 bits per heavy atom. The van der Waals surface area contributed by atoms with Gasteiger partial charge in [0.2, 0.25) is 11.8 Å². The first kappa shape index (κ1) is 17.8. The molecule has 1 saturated heterocycles. The minimum absolute atomic E-state index is 0.00509. The molecule has 27 heavy (non-hydrogen) atoms. The average Bonchev–Trinajstić information content (AvgIpc) is 3.40. The Balaban J connectivity index is 1.27. The van der Waals surface area contributed by atoms with Gasteiger partial charge in [-0.05, 0) is 35.9 Å². The van der Waals surface area contributed by atoms with Crippen molar-refractivity contribution in [3.05, 3.63) is 58.4 Å². The number of hydrogen-bond acceptors (Lipinski definition) is 3. The molecule has 1 aliphatic heterocycles. The van der Waals surface area contributed by atoms with Crippen molar-refractivity contribution in [3.63, 3.8) is 0 Å². The van der Waals surface area contributed by atoms with Crippen LogP contribution in [0.15, 0.2) is 48.0 Å². The van der Waals surface area contributed by atoms with Gasteiger partial charge >= 0.3 is 0 Å². The first-order valence-corrected chi connectivity index (χ1v) is 10.2. The van der Waals surface area contributed by atoms with Crippen LogP contribution in [-0.2, 0) is 22.4 Å². The molecule has 1 atom stereocenters. The summed E-state index contributed by atoms with van der Waals surface area (Å²) < 4.78 is 0. The van der Waals surface area contributed by atoms with Gasteiger partial charge < -0.3 is 15.2 Å². The molecule has 0 bridgehead atoms. The van der Waals surface area contributed by atoms with Crippen LogP contribution in [0.3, 0.4) is 0 Å². The van der Waals surface area contributed by atoms with Gasteiger partial charge in [0, 0.05) is 48.0 Å². The fourth-order valence-corrected chi connectivity index (χ4v) is 4.37. The van der Waals surface area contributed by atoms with Gasteiger partial charge in [0.1, 0.15) is 0 Å². The van der Waals surface area contributed by atoms with Crippen molar-refractivity contribution >= 4 is 34.1 Å². The molecule has 5 nitrogen and oxygen atoms in total. The Bertz CT molecular complexity index is 932. The van der Waals surface area contributed by atoms with Crippen molar-refractivity contribution in [2.75, 3.05) is 19.6 Å². The van der Waals surface area contributed by atoms with E-state index in [1.807, 2.05) is 34.7 Å². The van der Waals surface area contributed by atoms with Gasteiger partial charge in [-0.3, -0.25) is 9.59 Å². The maximum absolute atomic E-state index is 12.4. The first-order valence-electron chi connectivity index (χ1n) is 9.33. The molecule has 4 rings (SSSR count). The Morgan fingerprint density at radius 1 is 1.22 bits per heavy atom. The number of benzene rings is 1. The number of fused-ring (bicyclic) bond motifs is 1. The number of para-hydroxylation sites is 1. The van der Waals surface area contributed by atoms with E-state index < -0.39 is 0 Å². The molecule has 3 aromatic rings. The molecule has 6 heteroatoms. The summed E-state index contributed by atoms with van der Waals surface area (Å²) in [4.78, 5) is 31.1. The Kier molecular flexibility index (Phi) is 5.25. The van der Waals surface area contributed by atoms with Crippen LogP contribution in [0.1, 0.15) is 16.9 Å². The van der Waals surface area contributed by atoms with E-state index >= 15 is 0 Å². The summed E-state index contributed by atoms with van der Waals surface area (Å²) in [6.45, 7) is 1.80. The van der Waals surface area contributed by atoms with Crippen molar-refractivity contribution in [1.29, 1.82) is 0 Å². The summed E-state index contributed by atoms with van der Waals surface area (Å²) in [5.74, 6) is -0.161. The predicted octanol–water partition coefficient (Wildman–Crippen LogP) is 2.98. The molecule has 1 aliphatic rings. The normalized spacial score (nSPS) is 17.0. The van der Waals surface area contributed by atoms with Gasteiger partial charge in [-0.2, -0.15) is 0 Å². The molecule has 2 amide bonds. The molecule has 1 fully saturated rings. The van der Waals surface area contributed by atoms with E-state index in [-0.39, 0.29) is 17.7 Å². The summed E-state index contributed by atoms with van der Waals surface area (Å²) >= 11 is 1.70. The number of carbonyl (C=O) groups excluding carboxylic acids is 2. The monoisotopic (exact) mass is 381 g/mol. The van der Waals surface area contributed by atoms with Gasteiger partial charge in [-0.1, -0.05) is 24.3 Å². The Labute approximate surface area is 162 Å². The van der Waals surface area contributed by atoms with E-state index in [0.29, 0.717) is 26.1 Å². The third kappa shape index (κ3) is 4.06. The average molecular weight is 382 g/mol. The summed E-state index contributed by atoms with van der Waals surface area (Å²) in [6.07, 6.45) is 3.97. The smallest absolute Gasteiger partial charge is 0.225 e. The molecule has 0 radical (unpaired) electrons. The van der Waals surface area contributed by atoms with Gasteiger partial charge in [0.25, 0.3) is 0 Å². The Morgan fingerprint density at radius 3 is 2.96 bits per heavy atom. The number of aromatic amines is 1. The highest BCUT2D eigenvalue weighted by Gasteiger charge is 2.33. The first-order chi connectivity index (χ1) is 13.2. The van der Waals surface area contributed by atoms with Crippen LogP contribution in [0.5, 0.6) is 0 Å². The second kappa shape index (κ2) is 7.96. The van der Waals surface area contributed by atoms with Gasteiger partial charge in [0.05, 0.1) is 5.92 Å². The molecule has 0 spiro atoms. The lowest BCUT2D eigenvalue weighted by Crippen LogP contribution is -2.34. The summed E-state index contributed by atoms with van der Waals surface area (Å²) in [5.41, 5.74) is 2.32. The molecule has 0 aliphatic carbocycles. The SMILES string of the molecule is O=C(NCCc1cccs1)C1CC(=O)N(CCc2c[nH]c3ccccc23)C1. The lowest BCUT2D eigenvalue weighted by Gasteiger charge is -2.16. The van der Waals surface area contributed by atoms with Crippen LogP contribution in [-0.4, -0.2) is 41.3 Å². The van der Waals surface area contributed by atoms with Crippen molar-refractivity contribution in [2.45, 2.75) is 19.3 Å². The maximum atomic E-state index is 12.4. The lowest BCUT2D eigenvalue weighted by atomic mass is 10.1. The standard InChI is InChI=1S/C21H23N3O2S/c25-20-12-16(21(26)22-9-7-17-4-3-11-27-17)14-24(20)10-8-15-13-23-19-6-2-1-5-18(15)19/h1-6,11,13,16,23H,7-10,12,14H2,(H,22,26). The number of aromatic nitrogens is 1. The molecular formula is C21H23N3O2S. The van der Waals surface area contributed by atoms with Gasteiger partial charge in [0.15, 0.2) is 0 Å². The van der Waals surface area contributed by atoms with E-state index in [0.717, 1.165) is 18.4 Å². The number of amides is 2. The van der Waals surface area contributed by atoms with Gasteiger partial charge in [-0.15, -0.1) is 11.3 Å². The Hall–Kier alpha value is -2.60. The zero-order valence-corrected chi connectivity index (χ0v) is 15.9. The molecule has 2 N–H and O–H groups in total. The zero-order valence-electron chi connectivity index (χ0n) is 15.1. The van der Waals surface area contributed by atoms with E-state index in [1.165, 1.54) is 15.8 Å². The number of thiophene rings is 1. The summed E-state index contributed by atoms with van der Waals surface area (Å²) in [5, 5.41) is 6.22. The molecule has 2 aromatic heterocycles. The molecule has 0 saturated carbocycles. The second-order valence-corrected chi connectivity index (χ2v) is 8.00. The number of rotatable bonds is 7. The number of carbonyl (C=O) groups is 2. The van der Waals surface area contributed by atoms with Crippen LogP contribution in [0, 0.1) is 5.92 Å². The third-order valence-corrected chi connectivity index (χ3v) is 6.10. The number of nitrogens with one attached hydrogen (secondary N) is 2. The van der Waals surface area contributed by atoms with E-state index in [9.17, 15) is 9.59 Å². The van der Waals surface area contributed by atoms with E-state index in [2.05, 4.69) is 28.5 Å². The minimum Gasteiger partial charge on any atom is -0.361 e. The number of H-pyrrole nitrogens is 1. The van der Waals surface area contributed by atoms with Crippen LogP contribution in [0.2, 0.25) is 0 Å². The quantitative estimate of drug-likeness (QED) is 0.661. The third-order valence-electron chi connectivity index (χ3n) is 5.16. The highest BCUT2D eigenvalue weighted by Crippen LogP contribution is 2.21. The van der Waals surface area contributed by atoms with Crippen molar-refractivity contribution in [1.82, 2.24) is 15.2 Å². The molecule has 1 unspecified atom stereocenters. The number of hydrogen-bond donors (Lipinski definition) is 2. The maximum Gasteiger partial charge on any atom is 0.225 e. The predicted molar refractivity (Wildman–Crippen MR) is 108 cm³/mol. The van der Waals surface area contributed by atoms with Crippen LogP contribution in [0.4, 0.5) is 0 Å². The van der Waals surface area contributed by atoms with Crippen LogP contribution in [0.25, 0.3) is 10.9 Å². The van der Waals surface area contributed by atoms with Crippen LogP contribution < -0.4 is 5.32 Å². The van der Waals surface area contributed by atoms with Crippen molar-refractivity contribution in [3.8, 4) is 0 Å². The summed E-state index contributed by atoms with van der Waals surface area (Å²) in [7, 11) is 0. The van der Waals surface area contributed by atoms with E-state index in [1.54, 1.807) is 11.3 Å². The number of likely N-dealkylation sites (tertiary alicyclic amines) is 1. The fourth-order valence-electron chi connectivity index (χ4n) is 3.67. The second-order valence-electron chi connectivity index (χ2n) is 6.97. The topological polar surface area (TPSA) is 65.2 Å². The molecular weight excluding hydrogens is 358 g/mol. The zero-order chi connectivity index (χ0) is 18.6. The largest absolute Gasteiger partial charge is 0.361 e. The number of nitrogens with zero attached hydrogens (tertiary/aromatic N) is 1. The molecule has 1 aromatic carbocycles. The fraction of sp³-hybridized carbons (Fsp3) is 0.333. The molecule has 140 valence electrons. The highest BCUT2D eigenvalue weighted by atomic mass is 32.1. The summed E-state index contributed by atoms with van der Waals surface area (Å²) in [6, 6.07) is 12.3. The van der Waals surface area contributed by atoms with E-state index in [4.69, 9.17) is 0 Å². The van der Waals surface area contributed by atoms with Crippen molar-refractivity contribution < 1.29 is 9.59 Å². The van der Waals surface area contributed by atoms with Gasteiger partial charge in [-0.25, -0.2) is 0 Å². The minimum atomic E-state index is -0.233. The molecule has 3 heterocycles. The van der Waals surface area contributed by atoms with Crippen LogP contribution >= 0.6 is 11.3 Å². The lowest BCUT2D eigenvalue weighted by molar-refractivity contribution is -0.129. The van der Waals surface area contributed by atoms with Crippen molar-refractivity contribution in [2.24, 2.45) is 5.92 Å². The highest BCUT2D eigenvalue weighted by molar-refractivity contribution is 7.09.